The van der Waals surface area contributed by atoms with Crippen LogP contribution in [0, 0.1) is 12.3 Å². The zero-order chi connectivity index (χ0) is 28.1. The SMILES string of the molecule is COc1cc(C)c2[nH]ccc2c1CN1CCC2(C[C@@H]1c1ccc(C(=O)O)nc1N(C)CC(N)=O)CC(F)(F)C2. The number of nitrogens with one attached hydrogen (secondary N) is 1. The number of carbonyl (C=O) groups excluding carboxylic acids is 1. The predicted molar refractivity (Wildman–Crippen MR) is 142 cm³/mol. The minimum atomic E-state index is -2.68. The van der Waals surface area contributed by atoms with Crippen molar-refractivity contribution in [2.24, 2.45) is 11.1 Å². The predicted octanol–water partition coefficient (Wildman–Crippen LogP) is 4.25. The third-order valence-electron chi connectivity index (χ3n) is 8.19. The van der Waals surface area contributed by atoms with Crippen molar-refractivity contribution in [3.63, 3.8) is 0 Å². The van der Waals surface area contributed by atoms with Crippen LogP contribution >= 0.6 is 0 Å². The number of carboxylic acid groups (broad SMARTS) is 1. The summed E-state index contributed by atoms with van der Waals surface area (Å²) in [5.74, 6) is -3.44. The number of aryl methyl sites for hydroxylation is 1. The van der Waals surface area contributed by atoms with Crippen molar-refractivity contribution in [2.45, 2.75) is 51.1 Å². The first kappa shape index (κ1) is 26.9. The number of pyridine rings is 1. The molecule has 2 aromatic heterocycles. The van der Waals surface area contributed by atoms with E-state index in [1.807, 2.05) is 25.3 Å². The molecule has 3 aromatic rings. The Bertz CT molecular complexity index is 1430. The molecule has 1 amide bonds. The molecule has 0 bridgehead atoms. The maximum Gasteiger partial charge on any atom is 0.354 e. The number of ether oxygens (including phenoxy) is 1. The summed E-state index contributed by atoms with van der Waals surface area (Å²) < 4.78 is 34.0. The summed E-state index contributed by atoms with van der Waals surface area (Å²) in [6.07, 6.45) is 2.61. The van der Waals surface area contributed by atoms with E-state index in [4.69, 9.17) is 10.5 Å². The highest BCUT2D eigenvalue weighted by Crippen LogP contribution is 2.61. The molecule has 0 unspecified atom stereocenters. The second kappa shape index (κ2) is 9.78. The summed E-state index contributed by atoms with van der Waals surface area (Å²) in [6, 6.07) is 6.74. The van der Waals surface area contributed by atoms with Crippen LogP contribution in [0.2, 0.25) is 0 Å². The van der Waals surface area contributed by atoms with Gasteiger partial charge in [-0.05, 0) is 55.5 Å². The van der Waals surface area contributed by atoms with E-state index in [0.29, 0.717) is 37.3 Å². The molecule has 0 radical (unpaired) electrons. The van der Waals surface area contributed by atoms with Gasteiger partial charge in [0.1, 0.15) is 11.6 Å². The van der Waals surface area contributed by atoms with Gasteiger partial charge in [-0.3, -0.25) is 9.69 Å². The minimum absolute atomic E-state index is 0.172. The number of hydrogen-bond acceptors (Lipinski definition) is 6. The number of primary amides is 1. The zero-order valence-electron chi connectivity index (χ0n) is 22.3. The largest absolute Gasteiger partial charge is 0.496 e. The maximum atomic E-state index is 14.1. The molecular weight excluding hydrogens is 508 g/mol. The quantitative estimate of drug-likeness (QED) is 0.389. The lowest BCUT2D eigenvalue weighted by Crippen LogP contribution is -2.53. The Morgan fingerprint density at radius 3 is 2.69 bits per heavy atom. The normalized spacial score (nSPS) is 20.1. The molecule has 1 spiro atoms. The van der Waals surface area contributed by atoms with Gasteiger partial charge in [0.25, 0.3) is 0 Å². The molecule has 1 aliphatic carbocycles. The number of piperidine rings is 1. The average molecular weight is 542 g/mol. The highest BCUT2D eigenvalue weighted by molar-refractivity contribution is 5.88. The smallest absolute Gasteiger partial charge is 0.354 e. The Hall–Kier alpha value is -3.73. The van der Waals surface area contributed by atoms with Gasteiger partial charge in [-0.15, -0.1) is 0 Å². The second-order valence-corrected chi connectivity index (χ2v) is 11.0. The van der Waals surface area contributed by atoms with Gasteiger partial charge >= 0.3 is 5.97 Å². The fraction of sp³-hybridized carbons (Fsp3) is 0.464. The first-order valence-electron chi connectivity index (χ1n) is 12.9. The molecule has 5 rings (SSSR count). The fourth-order valence-corrected chi connectivity index (χ4v) is 6.48. The first-order chi connectivity index (χ1) is 18.4. The molecule has 4 N–H and O–H groups in total. The molecule has 11 heteroatoms. The summed E-state index contributed by atoms with van der Waals surface area (Å²) in [7, 11) is 3.25. The lowest BCUT2D eigenvalue weighted by atomic mass is 9.59. The molecule has 1 atom stereocenters. The first-order valence-corrected chi connectivity index (χ1v) is 12.9. The number of methoxy groups -OCH3 is 1. The molecule has 1 aliphatic heterocycles. The molecule has 1 saturated heterocycles. The van der Waals surface area contributed by atoms with Crippen molar-refractivity contribution in [3.05, 3.63) is 52.8 Å². The van der Waals surface area contributed by atoms with Crippen LogP contribution in [0.25, 0.3) is 10.9 Å². The number of carboxylic acids is 1. The molecule has 208 valence electrons. The van der Waals surface area contributed by atoms with Crippen molar-refractivity contribution < 1.29 is 28.2 Å². The van der Waals surface area contributed by atoms with Crippen molar-refractivity contribution in [1.29, 1.82) is 0 Å². The number of hydrogen-bond donors (Lipinski definition) is 3. The Morgan fingerprint density at radius 1 is 1.31 bits per heavy atom. The number of alkyl halides is 2. The number of likely N-dealkylation sites (N-methyl/N-ethyl adjacent to an activating group) is 1. The molecule has 39 heavy (non-hydrogen) atoms. The van der Waals surface area contributed by atoms with E-state index in [1.165, 1.54) is 11.0 Å². The van der Waals surface area contributed by atoms with Gasteiger partial charge in [-0.2, -0.15) is 0 Å². The Labute approximate surface area is 224 Å². The number of nitrogens with zero attached hydrogens (tertiary/aromatic N) is 3. The van der Waals surface area contributed by atoms with E-state index in [-0.39, 0.29) is 31.1 Å². The third kappa shape index (κ3) is 5.03. The van der Waals surface area contributed by atoms with E-state index in [2.05, 4.69) is 14.9 Å². The number of H-pyrrole nitrogens is 1. The van der Waals surface area contributed by atoms with Crippen LogP contribution in [-0.2, 0) is 11.3 Å². The van der Waals surface area contributed by atoms with E-state index in [1.54, 1.807) is 20.2 Å². The number of amides is 1. The number of aromatic carboxylic acids is 1. The number of fused-ring (bicyclic) bond motifs is 1. The number of aromatic amines is 1. The molecule has 2 aliphatic rings. The average Bonchev–Trinajstić information content (AvgIpc) is 3.35. The van der Waals surface area contributed by atoms with Crippen LogP contribution in [0.3, 0.4) is 0 Å². The van der Waals surface area contributed by atoms with Gasteiger partial charge in [-0.1, -0.05) is 6.07 Å². The van der Waals surface area contributed by atoms with Gasteiger partial charge in [0.05, 0.1) is 13.7 Å². The van der Waals surface area contributed by atoms with E-state index < -0.39 is 23.2 Å². The standard InChI is InChI=1S/C28H33F2N5O4/c1-16-10-22(39-3)19(17-6-8-32-24(16)17)12-35-9-7-27(14-28(29,30)15-27)11-21(35)18-4-5-20(26(37)38)33-25(18)34(2)13-23(31)36/h4-6,8,10,21,32H,7,9,11-15H2,1-3H3,(H2,31,36)(H,37,38)/t21-/m1/s1. The number of benzene rings is 1. The summed E-state index contributed by atoms with van der Waals surface area (Å²) >= 11 is 0. The summed E-state index contributed by atoms with van der Waals surface area (Å²) in [5, 5.41) is 10.6. The number of anilines is 1. The topological polar surface area (TPSA) is 125 Å². The Balaban J connectivity index is 1.60. The lowest BCUT2D eigenvalue weighted by Gasteiger charge is -2.55. The van der Waals surface area contributed by atoms with E-state index in [9.17, 15) is 23.5 Å². The number of likely N-dealkylation sites (tertiary alicyclic amines) is 1. The summed E-state index contributed by atoms with van der Waals surface area (Å²) in [5.41, 5.74) is 8.45. The van der Waals surface area contributed by atoms with Crippen LogP contribution in [0.15, 0.2) is 30.5 Å². The van der Waals surface area contributed by atoms with Crippen molar-refractivity contribution in [3.8, 4) is 5.75 Å². The lowest BCUT2D eigenvalue weighted by molar-refractivity contribution is -0.186. The van der Waals surface area contributed by atoms with Crippen LogP contribution in [-0.4, -0.2) is 65.0 Å². The monoisotopic (exact) mass is 541 g/mol. The second-order valence-electron chi connectivity index (χ2n) is 11.0. The van der Waals surface area contributed by atoms with Gasteiger partial charge in [0, 0.05) is 60.7 Å². The van der Waals surface area contributed by atoms with E-state index in [0.717, 1.165) is 27.8 Å². The molecule has 9 nitrogen and oxygen atoms in total. The number of aromatic nitrogens is 2. The minimum Gasteiger partial charge on any atom is -0.496 e. The number of rotatable bonds is 8. The van der Waals surface area contributed by atoms with Crippen molar-refractivity contribution >= 4 is 28.6 Å². The van der Waals surface area contributed by atoms with Gasteiger partial charge < -0.3 is 25.5 Å². The van der Waals surface area contributed by atoms with Gasteiger partial charge in [0.15, 0.2) is 5.69 Å². The summed E-state index contributed by atoms with van der Waals surface area (Å²) in [4.78, 5) is 34.9. The highest BCUT2D eigenvalue weighted by atomic mass is 19.3. The third-order valence-corrected chi connectivity index (χ3v) is 8.19. The van der Waals surface area contributed by atoms with Gasteiger partial charge in [-0.25, -0.2) is 18.6 Å². The molecular formula is C28H33F2N5O4. The summed E-state index contributed by atoms with van der Waals surface area (Å²) in [6.45, 7) is 2.87. The highest BCUT2D eigenvalue weighted by Gasteiger charge is 2.58. The number of carbonyl (C=O) groups is 2. The Kier molecular flexibility index (Phi) is 6.74. The molecule has 2 fully saturated rings. The van der Waals surface area contributed by atoms with Crippen molar-refractivity contribution in [2.75, 3.05) is 32.1 Å². The van der Waals surface area contributed by atoms with Crippen LogP contribution in [0.1, 0.15) is 58.9 Å². The zero-order valence-corrected chi connectivity index (χ0v) is 22.3. The molecule has 1 aromatic carbocycles. The number of halogens is 2. The van der Waals surface area contributed by atoms with Crippen molar-refractivity contribution in [1.82, 2.24) is 14.9 Å². The number of nitrogens with two attached hydrogens (primary N) is 1. The molecule has 1 saturated carbocycles. The fourth-order valence-electron chi connectivity index (χ4n) is 6.48. The van der Waals surface area contributed by atoms with Crippen LogP contribution in [0.4, 0.5) is 14.6 Å². The molecule has 3 heterocycles. The maximum absolute atomic E-state index is 14.1. The van der Waals surface area contributed by atoms with Gasteiger partial charge in [0.2, 0.25) is 11.8 Å². The van der Waals surface area contributed by atoms with E-state index >= 15 is 0 Å². The Morgan fingerprint density at radius 2 is 2.05 bits per heavy atom. The van der Waals surface area contributed by atoms with Crippen LogP contribution in [0.5, 0.6) is 5.75 Å². The van der Waals surface area contributed by atoms with Crippen LogP contribution < -0.4 is 15.4 Å².